The number of aliphatic hydroxyl groups is 1. The smallest absolute Gasteiger partial charge is 0.102 e. The molecule has 0 saturated carbocycles. The van der Waals surface area contributed by atoms with Crippen LogP contribution < -0.4 is 5.32 Å². The minimum atomic E-state index is -0.231. The number of nitrogens with one attached hydrogen (secondary N) is 1. The van der Waals surface area contributed by atoms with Crippen molar-refractivity contribution in [2.24, 2.45) is 10.9 Å². The van der Waals surface area contributed by atoms with Crippen LogP contribution >= 0.6 is 0 Å². The Hall–Kier alpha value is -0.570. The number of aliphatic hydroxyl groups excluding tert-OH is 1. The summed E-state index contributed by atoms with van der Waals surface area (Å²) in [6, 6.07) is 0. The SMILES string of the molecule is CCCCCCC(C1=NCCN1)C(O)CC. The average molecular weight is 226 g/mol. The molecule has 1 aliphatic rings. The molecule has 0 aromatic rings. The van der Waals surface area contributed by atoms with E-state index in [4.69, 9.17) is 0 Å². The summed E-state index contributed by atoms with van der Waals surface area (Å²) in [6.45, 7) is 6.08. The van der Waals surface area contributed by atoms with E-state index >= 15 is 0 Å². The molecule has 0 spiro atoms. The maximum Gasteiger partial charge on any atom is 0.102 e. The minimum Gasteiger partial charge on any atom is -0.392 e. The first-order chi connectivity index (χ1) is 7.79. The number of hydrogen-bond donors (Lipinski definition) is 2. The third-order valence-corrected chi connectivity index (χ3v) is 3.30. The van der Waals surface area contributed by atoms with Gasteiger partial charge in [-0.1, -0.05) is 39.5 Å². The van der Waals surface area contributed by atoms with Gasteiger partial charge in [0.15, 0.2) is 0 Å². The largest absolute Gasteiger partial charge is 0.392 e. The maximum absolute atomic E-state index is 10.0. The summed E-state index contributed by atoms with van der Waals surface area (Å²) in [4.78, 5) is 4.45. The van der Waals surface area contributed by atoms with Crippen molar-refractivity contribution in [2.75, 3.05) is 13.1 Å². The summed E-state index contributed by atoms with van der Waals surface area (Å²) in [5.41, 5.74) is 0. The van der Waals surface area contributed by atoms with Gasteiger partial charge in [0, 0.05) is 12.5 Å². The Kier molecular flexibility index (Phi) is 6.46. The summed E-state index contributed by atoms with van der Waals surface area (Å²) in [7, 11) is 0. The zero-order valence-electron chi connectivity index (χ0n) is 10.7. The van der Waals surface area contributed by atoms with Crippen LogP contribution in [0.2, 0.25) is 0 Å². The highest BCUT2D eigenvalue weighted by Gasteiger charge is 2.24. The summed E-state index contributed by atoms with van der Waals surface area (Å²) >= 11 is 0. The average Bonchev–Trinajstić information content (AvgIpc) is 2.82. The standard InChI is InChI=1S/C13H26N2O/c1-3-5-6-7-8-11(12(16)4-2)13-14-9-10-15-13/h11-12,16H,3-10H2,1-2H3,(H,14,15). The lowest BCUT2D eigenvalue weighted by Crippen LogP contribution is -2.35. The van der Waals surface area contributed by atoms with Gasteiger partial charge in [0.1, 0.15) is 5.84 Å². The molecule has 1 aliphatic heterocycles. The molecule has 0 radical (unpaired) electrons. The Balaban J connectivity index is 2.38. The van der Waals surface area contributed by atoms with Crippen molar-refractivity contribution in [3.63, 3.8) is 0 Å². The molecule has 0 amide bonds. The van der Waals surface area contributed by atoms with Crippen molar-refractivity contribution in [3.05, 3.63) is 0 Å². The van der Waals surface area contributed by atoms with Crippen LogP contribution in [0.4, 0.5) is 0 Å². The molecule has 16 heavy (non-hydrogen) atoms. The lowest BCUT2D eigenvalue weighted by molar-refractivity contribution is 0.127. The number of rotatable bonds is 8. The number of aliphatic imine (C=N–C) groups is 1. The predicted octanol–water partition coefficient (Wildman–Crippen LogP) is 2.35. The van der Waals surface area contributed by atoms with Crippen LogP contribution in [-0.4, -0.2) is 30.1 Å². The fourth-order valence-corrected chi connectivity index (χ4v) is 2.25. The van der Waals surface area contributed by atoms with Gasteiger partial charge in [0.05, 0.1) is 12.6 Å². The monoisotopic (exact) mass is 226 g/mol. The van der Waals surface area contributed by atoms with Gasteiger partial charge in [0.2, 0.25) is 0 Å². The Morgan fingerprint density at radius 1 is 1.31 bits per heavy atom. The van der Waals surface area contributed by atoms with E-state index in [-0.39, 0.29) is 12.0 Å². The molecule has 0 fully saturated rings. The maximum atomic E-state index is 10.0. The topological polar surface area (TPSA) is 44.6 Å². The van der Waals surface area contributed by atoms with Crippen LogP contribution in [0.25, 0.3) is 0 Å². The van der Waals surface area contributed by atoms with Gasteiger partial charge in [-0.2, -0.15) is 0 Å². The van der Waals surface area contributed by atoms with Gasteiger partial charge in [-0.15, -0.1) is 0 Å². The van der Waals surface area contributed by atoms with Crippen LogP contribution in [0, 0.1) is 5.92 Å². The highest BCUT2D eigenvalue weighted by Crippen LogP contribution is 2.19. The van der Waals surface area contributed by atoms with E-state index in [0.717, 1.165) is 31.8 Å². The second-order valence-corrected chi connectivity index (χ2v) is 4.63. The minimum absolute atomic E-state index is 0.231. The molecular formula is C13H26N2O. The fourth-order valence-electron chi connectivity index (χ4n) is 2.25. The molecule has 2 unspecified atom stereocenters. The van der Waals surface area contributed by atoms with Crippen molar-refractivity contribution >= 4 is 5.84 Å². The Bertz CT molecular complexity index is 216. The highest BCUT2D eigenvalue weighted by atomic mass is 16.3. The van der Waals surface area contributed by atoms with E-state index in [9.17, 15) is 5.11 Å². The molecule has 1 heterocycles. The van der Waals surface area contributed by atoms with E-state index in [1.807, 2.05) is 6.92 Å². The molecule has 0 aromatic carbocycles. The van der Waals surface area contributed by atoms with Gasteiger partial charge in [-0.25, -0.2) is 0 Å². The molecule has 0 bridgehead atoms. The zero-order valence-corrected chi connectivity index (χ0v) is 10.7. The van der Waals surface area contributed by atoms with Gasteiger partial charge in [0.25, 0.3) is 0 Å². The van der Waals surface area contributed by atoms with Crippen LogP contribution in [0.1, 0.15) is 52.4 Å². The third kappa shape index (κ3) is 4.12. The van der Waals surface area contributed by atoms with Crippen molar-refractivity contribution in [1.82, 2.24) is 5.32 Å². The van der Waals surface area contributed by atoms with Crippen molar-refractivity contribution in [2.45, 2.75) is 58.5 Å². The Morgan fingerprint density at radius 3 is 2.69 bits per heavy atom. The molecular weight excluding hydrogens is 200 g/mol. The highest BCUT2D eigenvalue weighted by molar-refractivity contribution is 5.86. The van der Waals surface area contributed by atoms with Crippen LogP contribution in [-0.2, 0) is 0 Å². The van der Waals surface area contributed by atoms with Gasteiger partial charge >= 0.3 is 0 Å². The second kappa shape index (κ2) is 7.66. The van der Waals surface area contributed by atoms with Crippen LogP contribution in [0.3, 0.4) is 0 Å². The molecule has 1 rings (SSSR count). The predicted molar refractivity (Wildman–Crippen MR) is 68.9 cm³/mol. The fraction of sp³-hybridized carbons (Fsp3) is 0.923. The van der Waals surface area contributed by atoms with Crippen molar-refractivity contribution < 1.29 is 5.11 Å². The van der Waals surface area contributed by atoms with Gasteiger partial charge in [-0.05, 0) is 12.8 Å². The zero-order chi connectivity index (χ0) is 11.8. The normalized spacial score (nSPS) is 19.1. The van der Waals surface area contributed by atoms with E-state index in [1.165, 1.54) is 25.7 Å². The number of nitrogens with zero attached hydrogens (tertiary/aromatic N) is 1. The first-order valence-electron chi connectivity index (χ1n) is 6.75. The van der Waals surface area contributed by atoms with Crippen LogP contribution in [0.15, 0.2) is 4.99 Å². The van der Waals surface area contributed by atoms with Gasteiger partial charge < -0.3 is 10.4 Å². The number of unbranched alkanes of at least 4 members (excludes halogenated alkanes) is 3. The van der Waals surface area contributed by atoms with E-state index in [2.05, 4.69) is 17.2 Å². The van der Waals surface area contributed by atoms with Crippen molar-refractivity contribution in [3.8, 4) is 0 Å². The van der Waals surface area contributed by atoms with E-state index < -0.39 is 0 Å². The summed E-state index contributed by atoms with van der Waals surface area (Å²) in [6.07, 6.45) is 6.70. The molecule has 3 nitrogen and oxygen atoms in total. The molecule has 0 aliphatic carbocycles. The Labute approximate surface area is 99.4 Å². The first kappa shape index (κ1) is 13.5. The molecule has 0 saturated heterocycles. The summed E-state index contributed by atoms with van der Waals surface area (Å²) in [5.74, 6) is 1.29. The lowest BCUT2D eigenvalue weighted by Gasteiger charge is -2.22. The summed E-state index contributed by atoms with van der Waals surface area (Å²) in [5, 5.41) is 13.3. The molecule has 2 atom stereocenters. The van der Waals surface area contributed by atoms with Crippen molar-refractivity contribution in [1.29, 1.82) is 0 Å². The number of amidine groups is 1. The van der Waals surface area contributed by atoms with Gasteiger partial charge in [-0.3, -0.25) is 4.99 Å². The third-order valence-electron chi connectivity index (χ3n) is 3.30. The first-order valence-corrected chi connectivity index (χ1v) is 6.75. The molecule has 3 heteroatoms. The Morgan fingerprint density at radius 2 is 2.12 bits per heavy atom. The molecule has 2 N–H and O–H groups in total. The second-order valence-electron chi connectivity index (χ2n) is 4.63. The van der Waals surface area contributed by atoms with E-state index in [0.29, 0.717) is 0 Å². The van der Waals surface area contributed by atoms with Crippen LogP contribution in [0.5, 0.6) is 0 Å². The van der Waals surface area contributed by atoms with E-state index in [1.54, 1.807) is 0 Å². The lowest BCUT2D eigenvalue weighted by atomic mass is 9.92. The quantitative estimate of drug-likeness (QED) is 0.624. The number of hydrogen-bond acceptors (Lipinski definition) is 3. The molecule has 0 aromatic heterocycles. The molecule has 94 valence electrons. The summed E-state index contributed by atoms with van der Waals surface area (Å²) < 4.78 is 0.